The fourth-order valence-electron chi connectivity index (χ4n) is 3.13. The number of anilines is 2. The molecule has 1 aliphatic rings. The molecule has 2 aromatic rings. The molecule has 25 heavy (non-hydrogen) atoms. The number of carbonyl (C=O) groups is 1. The fourth-order valence-corrected chi connectivity index (χ4v) is 3.13. The van der Waals surface area contributed by atoms with E-state index in [0.29, 0.717) is 17.2 Å². The summed E-state index contributed by atoms with van der Waals surface area (Å²) in [5, 5.41) is 2.88. The summed E-state index contributed by atoms with van der Waals surface area (Å²) in [4.78, 5) is 14.5. The van der Waals surface area contributed by atoms with Gasteiger partial charge in [0, 0.05) is 23.5 Å². The van der Waals surface area contributed by atoms with E-state index < -0.39 is 0 Å². The van der Waals surface area contributed by atoms with Crippen LogP contribution in [0, 0.1) is 5.82 Å². The lowest BCUT2D eigenvalue weighted by Gasteiger charge is -2.35. The summed E-state index contributed by atoms with van der Waals surface area (Å²) in [6.45, 7) is 1.99. The third-order valence-electron chi connectivity index (χ3n) is 4.43. The second-order valence-electron chi connectivity index (χ2n) is 6.03. The minimum absolute atomic E-state index is 0.0260. The molecule has 0 unspecified atom stereocenters. The highest BCUT2D eigenvalue weighted by molar-refractivity contribution is 6.03. The van der Waals surface area contributed by atoms with Crippen molar-refractivity contribution < 1.29 is 18.7 Å². The summed E-state index contributed by atoms with van der Waals surface area (Å²) < 4.78 is 23.9. The molecule has 1 N–H and O–H groups in total. The van der Waals surface area contributed by atoms with Crippen molar-refractivity contribution in [2.45, 2.75) is 25.8 Å². The largest absolute Gasteiger partial charge is 0.493 e. The number of carbonyl (C=O) groups excluding carboxylic acids is 1. The van der Waals surface area contributed by atoms with Gasteiger partial charge in [-0.15, -0.1) is 0 Å². The monoisotopic (exact) mass is 344 g/mol. The first-order valence-electron chi connectivity index (χ1n) is 8.14. The number of amides is 2. The number of methoxy groups -OCH3 is 2. The zero-order valence-corrected chi connectivity index (χ0v) is 14.5. The third kappa shape index (κ3) is 3.38. The van der Waals surface area contributed by atoms with Crippen LogP contribution >= 0.6 is 0 Å². The zero-order valence-electron chi connectivity index (χ0n) is 14.5. The topological polar surface area (TPSA) is 50.8 Å². The Bertz CT molecular complexity index is 794. The van der Waals surface area contributed by atoms with Gasteiger partial charge in [-0.25, -0.2) is 9.18 Å². The van der Waals surface area contributed by atoms with Crippen LogP contribution in [0.25, 0.3) is 0 Å². The maximum Gasteiger partial charge on any atom is 0.326 e. The lowest BCUT2D eigenvalue weighted by Crippen LogP contribution is -2.44. The van der Waals surface area contributed by atoms with Gasteiger partial charge in [-0.2, -0.15) is 0 Å². The van der Waals surface area contributed by atoms with Gasteiger partial charge in [0.1, 0.15) is 5.82 Å². The Morgan fingerprint density at radius 2 is 1.92 bits per heavy atom. The van der Waals surface area contributed by atoms with Crippen LogP contribution in [-0.4, -0.2) is 26.3 Å². The Labute approximate surface area is 146 Å². The minimum atomic E-state index is -0.284. The van der Waals surface area contributed by atoms with E-state index in [1.165, 1.54) is 12.1 Å². The van der Waals surface area contributed by atoms with Crippen LogP contribution in [0.15, 0.2) is 36.4 Å². The highest BCUT2D eigenvalue weighted by Crippen LogP contribution is 2.33. The van der Waals surface area contributed by atoms with Crippen molar-refractivity contribution in [1.29, 1.82) is 0 Å². The fraction of sp³-hybridized carbons (Fsp3) is 0.316. The van der Waals surface area contributed by atoms with Crippen molar-refractivity contribution >= 4 is 17.4 Å². The summed E-state index contributed by atoms with van der Waals surface area (Å²) in [6.07, 6.45) is 1.55. The molecule has 1 heterocycles. The molecule has 0 radical (unpaired) electrons. The summed E-state index contributed by atoms with van der Waals surface area (Å²) in [5.41, 5.74) is 2.20. The second kappa shape index (κ2) is 7.01. The van der Waals surface area contributed by atoms with Crippen molar-refractivity contribution in [2.75, 3.05) is 24.4 Å². The molecule has 2 aromatic carbocycles. The van der Waals surface area contributed by atoms with Gasteiger partial charge in [-0.1, -0.05) is 0 Å². The number of halogens is 1. The Kier molecular flexibility index (Phi) is 4.79. The molecular formula is C19H21FN2O3. The number of benzene rings is 2. The molecule has 5 nitrogen and oxygen atoms in total. The van der Waals surface area contributed by atoms with Gasteiger partial charge in [0.05, 0.1) is 14.2 Å². The van der Waals surface area contributed by atoms with Gasteiger partial charge in [-0.3, -0.25) is 4.90 Å². The van der Waals surface area contributed by atoms with Crippen LogP contribution in [-0.2, 0) is 6.42 Å². The molecule has 3 rings (SSSR count). The lowest BCUT2D eigenvalue weighted by molar-refractivity contribution is 0.254. The second-order valence-corrected chi connectivity index (χ2v) is 6.03. The van der Waals surface area contributed by atoms with Crippen molar-refractivity contribution in [3.8, 4) is 11.5 Å². The molecule has 0 fully saturated rings. The Balaban J connectivity index is 1.86. The van der Waals surface area contributed by atoms with Crippen LogP contribution in [0.4, 0.5) is 20.6 Å². The molecule has 0 bridgehead atoms. The first kappa shape index (κ1) is 17.1. The number of rotatable bonds is 3. The van der Waals surface area contributed by atoms with Gasteiger partial charge in [0.15, 0.2) is 11.5 Å². The van der Waals surface area contributed by atoms with E-state index in [2.05, 4.69) is 5.32 Å². The van der Waals surface area contributed by atoms with E-state index >= 15 is 0 Å². The van der Waals surface area contributed by atoms with E-state index in [9.17, 15) is 9.18 Å². The first-order chi connectivity index (χ1) is 12.0. The number of nitrogens with zero attached hydrogens (tertiary/aromatic N) is 1. The van der Waals surface area contributed by atoms with Crippen molar-refractivity contribution in [2.24, 2.45) is 0 Å². The Morgan fingerprint density at radius 3 is 2.64 bits per heavy atom. The number of nitrogens with one attached hydrogen (secondary N) is 1. The van der Waals surface area contributed by atoms with Crippen LogP contribution in [0.3, 0.4) is 0 Å². The lowest BCUT2D eigenvalue weighted by atomic mass is 9.97. The number of aryl methyl sites for hydroxylation is 1. The first-order valence-corrected chi connectivity index (χ1v) is 8.14. The summed E-state index contributed by atoms with van der Waals surface area (Å²) in [5.74, 6) is 0.843. The average molecular weight is 344 g/mol. The Morgan fingerprint density at radius 1 is 1.16 bits per heavy atom. The average Bonchev–Trinajstić information content (AvgIpc) is 2.61. The van der Waals surface area contributed by atoms with Gasteiger partial charge in [-0.05, 0) is 55.7 Å². The van der Waals surface area contributed by atoms with E-state index in [1.54, 1.807) is 43.4 Å². The molecule has 0 saturated carbocycles. The van der Waals surface area contributed by atoms with Gasteiger partial charge < -0.3 is 14.8 Å². The minimum Gasteiger partial charge on any atom is -0.493 e. The maximum atomic E-state index is 13.5. The summed E-state index contributed by atoms with van der Waals surface area (Å²) in [6, 6.07) is 9.50. The quantitative estimate of drug-likeness (QED) is 0.907. The van der Waals surface area contributed by atoms with E-state index in [4.69, 9.17) is 9.47 Å². The van der Waals surface area contributed by atoms with Gasteiger partial charge >= 0.3 is 6.03 Å². The molecule has 0 aliphatic carbocycles. The van der Waals surface area contributed by atoms with Crippen molar-refractivity contribution in [3.05, 3.63) is 47.8 Å². The number of urea groups is 1. The third-order valence-corrected chi connectivity index (χ3v) is 4.43. The molecular weight excluding hydrogens is 323 g/mol. The molecule has 1 atom stereocenters. The number of hydrogen-bond donors (Lipinski definition) is 1. The zero-order chi connectivity index (χ0) is 18.0. The van der Waals surface area contributed by atoms with E-state index in [0.717, 1.165) is 24.1 Å². The molecule has 0 spiro atoms. The summed E-state index contributed by atoms with van der Waals surface area (Å²) >= 11 is 0. The van der Waals surface area contributed by atoms with Crippen LogP contribution in [0.2, 0.25) is 0 Å². The van der Waals surface area contributed by atoms with E-state index in [-0.39, 0.29) is 17.9 Å². The van der Waals surface area contributed by atoms with Gasteiger partial charge in [0.2, 0.25) is 0 Å². The molecule has 6 heteroatoms. The predicted octanol–water partition coefficient (Wildman–Crippen LogP) is 4.22. The normalized spacial score (nSPS) is 16.2. The maximum absolute atomic E-state index is 13.5. The number of ether oxygens (including phenoxy) is 2. The highest BCUT2D eigenvalue weighted by atomic mass is 19.1. The smallest absolute Gasteiger partial charge is 0.326 e. The van der Waals surface area contributed by atoms with Crippen LogP contribution in [0.5, 0.6) is 11.5 Å². The van der Waals surface area contributed by atoms with Crippen LogP contribution < -0.4 is 19.7 Å². The molecule has 0 saturated heterocycles. The van der Waals surface area contributed by atoms with Gasteiger partial charge in [0.25, 0.3) is 0 Å². The van der Waals surface area contributed by atoms with Crippen molar-refractivity contribution in [1.82, 2.24) is 0 Å². The van der Waals surface area contributed by atoms with Crippen molar-refractivity contribution in [3.63, 3.8) is 0 Å². The number of hydrogen-bond acceptors (Lipinski definition) is 3. The molecule has 1 aliphatic heterocycles. The highest BCUT2D eigenvalue weighted by Gasteiger charge is 2.28. The molecule has 2 amide bonds. The van der Waals surface area contributed by atoms with E-state index in [1.807, 2.05) is 6.92 Å². The standard InChI is InChI=1S/C19H21FN2O3/c1-12-4-5-13-10-14(20)6-8-16(13)22(12)19(23)21-15-7-9-17(24-2)18(11-15)25-3/h6-12H,4-5H2,1-3H3,(H,21,23)/t12-/m0/s1. The molecule has 132 valence electrons. The number of fused-ring (bicyclic) bond motifs is 1. The van der Waals surface area contributed by atoms with Crippen LogP contribution in [0.1, 0.15) is 18.9 Å². The predicted molar refractivity (Wildman–Crippen MR) is 95.2 cm³/mol. The SMILES string of the molecule is COc1ccc(NC(=O)N2c3ccc(F)cc3CC[C@@H]2C)cc1OC. The Hall–Kier alpha value is -2.76. The molecule has 0 aromatic heterocycles. The summed E-state index contributed by atoms with van der Waals surface area (Å²) in [7, 11) is 3.10.